The van der Waals surface area contributed by atoms with Gasteiger partial charge in [0, 0.05) is 13.2 Å². The Morgan fingerprint density at radius 2 is 1.52 bits per heavy atom. The maximum absolute atomic E-state index is 5.90. The zero-order valence-corrected chi connectivity index (χ0v) is 13.8. The highest BCUT2D eigenvalue weighted by Gasteiger charge is 2.26. The van der Waals surface area contributed by atoms with E-state index in [0.29, 0.717) is 39.6 Å². The molecule has 21 heavy (non-hydrogen) atoms. The average Bonchev–Trinajstić information content (AvgIpc) is 2.49. The summed E-state index contributed by atoms with van der Waals surface area (Å²) in [6, 6.07) is 0. The van der Waals surface area contributed by atoms with Crippen LogP contribution in [0.4, 0.5) is 0 Å². The van der Waals surface area contributed by atoms with Crippen molar-refractivity contribution < 1.29 is 18.9 Å². The van der Waals surface area contributed by atoms with E-state index in [9.17, 15) is 0 Å². The van der Waals surface area contributed by atoms with Gasteiger partial charge in [-0.15, -0.1) is 0 Å². The van der Waals surface area contributed by atoms with Crippen molar-refractivity contribution in [2.45, 2.75) is 45.1 Å². The molecule has 0 saturated carbocycles. The molecule has 0 aliphatic carbocycles. The zero-order valence-electron chi connectivity index (χ0n) is 13.8. The highest BCUT2D eigenvalue weighted by Crippen LogP contribution is 2.19. The van der Waals surface area contributed by atoms with E-state index >= 15 is 0 Å². The number of piperidine rings is 1. The van der Waals surface area contributed by atoms with E-state index in [4.69, 9.17) is 18.9 Å². The largest absolute Gasteiger partial charge is 0.379 e. The first kappa shape index (κ1) is 18.8. The summed E-state index contributed by atoms with van der Waals surface area (Å²) in [6.07, 6.45) is 4.61. The van der Waals surface area contributed by atoms with Crippen LogP contribution in [0, 0.1) is 0 Å². The van der Waals surface area contributed by atoms with Crippen molar-refractivity contribution in [2.24, 2.45) is 0 Å². The zero-order chi connectivity index (χ0) is 15.2. The molecule has 5 heteroatoms. The van der Waals surface area contributed by atoms with Crippen LogP contribution in [0.5, 0.6) is 0 Å². The Bertz CT molecular complexity index is 232. The van der Waals surface area contributed by atoms with Crippen LogP contribution in [-0.2, 0) is 18.9 Å². The molecule has 0 aromatic carbocycles. The van der Waals surface area contributed by atoms with E-state index in [1.165, 1.54) is 12.8 Å². The molecule has 0 radical (unpaired) electrons. The summed E-state index contributed by atoms with van der Waals surface area (Å²) >= 11 is 0. The van der Waals surface area contributed by atoms with Gasteiger partial charge >= 0.3 is 0 Å². The Labute approximate surface area is 129 Å². The van der Waals surface area contributed by atoms with Crippen LogP contribution < -0.4 is 5.32 Å². The van der Waals surface area contributed by atoms with Crippen molar-refractivity contribution in [2.75, 3.05) is 59.3 Å². The maximum atomic E-state index is 5.90. The van der Waals surface area contributed by atoms with Crippen molar-refractivity contribution in [3.63, 3.8) is 0 Å². The Balaban J connectivity index is 1.78. The molecule has 1 heterocycles. The lowest BCUT2D eigenvalue weighted by Crippen LogP contribution is -2.45. The van der Waals surface area contributed by atoms with Gasteiger partial charge in [0.05, 0.1) is 45.2 Å². The van der Waals surface area contributed by atoms with Gasteiger partial charge in [-0.3, -0.25) is 0 Å². The fraction of sp³-hybridized carbons (Fsp3) is 1.00. The summed E-state index contributed by atoms with van der Waals surface area (Å²) in [5.41, 5.74) is -0.0199. The Hall–Kier alpha value is -0.200. The van der Waals surface area contributed by atoms with Gasteiger partial charge < -0.3 is 24.3 Å². The van der Waals surface area contributed by atoms with Gasteiger partial charge in [0.25, 0.3) is 0 Å². The first-order chi connectivity index (χ1) is 10.3. The second-order valence-electron chi connectivity index (χ2n) is 5.77. The molecule has 0 aromatic heterocycles. The highest BCUT2D eigenvalue weighted by molar-refractivity contribution is 4.82. The summed E-state index contributed by atoms with van der Waals surface area (Å²) < 4.78 is 22.2. The minimum Gasteiger partial charge on any atom is -0.379 e. The topological polar surface area (TPSA) is 49.0 Å². The van der Waals surface area contributed by atoms with Crippen molar-refractivity contribution in [1.29, 1.82) is 0 Å². The monoisotopic (exact) mass is 303 g/mol. The summed E-state index contributed by atoms with van der Waals surface area (Å²) in [5, 5.41) is 3.37. The lowest BCUT2D eigenvalue weighted by molar-refractivity contribution is -0.0728. The normalized spacial score (nSPS) is 22.6. The van der Waals surface area contributed by atoms with Crippen molar-refractivity contribution in [1.82, 2.24) is 5.32 Å². The van der Waals surface area contributed by atoms with E-state index in [2.05, 4.69) is 19.2 Å². The van der Waals surface area contributed by atoms with E-state index in [0.717, 1.165) is 32.5 Å². The lowest BCUT2D eigenvalue weighted by Gasteiger charge is -2.34. The molecule has 1 aliphatic heterocycles. The van der Waals surface area contributed by atoms with Crippen LogP contribution in [0.1, 0.15) is 39.5 Å². The molecular formula is C16H33NO4. The second kappa shape index (κ2) is 12.4. The minimum atomic E-state index is -0.0199. The van der Waals surface area contributed by atoms with Gasteiger partial charge in [-0.2, -0.15) is 0 Å². The molecule has 0 spiro atoms. The predicted molar refractivity (Wildman–Crippen MR) is 83.8 cm³/mol. The maximum Gasteiger partial charge on any atom is 0.0779 e. The molecule has 1 aliphatic rings. The third-order valence-corrected chi connectivity index (χ3v) is 3.62. The second-order valence-corrected chi connectivity index (χ2v) is 5.77. The van der Waals surface area contributed by atoms with E-state index in [1.54, 1.807) is 0 Å². The van der Waals surface area contributed by atoms with Gasteiger partial charge in [-0.05, 0) is 32.7 Å². The van der Waals surface area contributed by atoms with Crippen LogP contribution in [0.15, 0.2) is 0 Å². The minimum absolute atomic E-state index is 0.0199. The molecule has 1 saturated heterocycles. The highest BCUT2D eigenvalue weighted by atomic mass is 16.6. The van der Waals surface area contributed by atoms with Crippen LogP contribution in [-0.4, -0.2) is 64.9 Å². The van der Waals surface area contributed by atoms with Crippen LogP contribution in [0.25, 0.3) is 0 Å². The Kier molecular flexibility index (Phi) is 11.1. The summed E-state index contributed by atoms with van der Waals surface area (Å²) in [6.45, 7) is 11.0. The first-order valence-corrected chi connectivity index (χ1v) is 8.35. The Morgan fingerprint density at radius 1 is 0.905 bits per heavy atom. The van der Waals surface area contributed by atoms with E-state index in [1.807, 2.05) is 0 Å². The molecule has 1 rings (SSSR count). The number of unbranched alkanes of at least 4 members (excludes halogenated alkanes) is 1. The number of hydrogen-bond acceptors (Lipinski definition) is 5. The molecule has 5 nitrogen and oxygen atoms in total. The molecule has 1 fully saturated rings. The lowest BCUT2D eigenvalue weighted by atomic mass is 9.96. The molecular weight excluding hydrogens is 270 g/mol. The molecule has 1 unspecified atom stereocenters. The van der Waals surface area contributed by atoms with Gasteiger partial charge in [0.2, 0.25) is 0 Å². The number of rotatable bonds is 13. The Morgan fingerprint density at radius 3 is 2.10 bits per heavy atom. The number of hydrogen-bond donors (Lipinski definition) is 1. The quantitative estimate of drug-likeness (QED) is 0.527. The van der Waals surface area contributed by atoms with E-state index < -0.39 is 0 Å². The van der Waals surface area contributed by atoms with Crippen LogP contribution in [0.2, 0.25) is 0 Å². The molecule has 126 valence electrons. The smallest absolute Gasteiger partial charge is 0.0779 e. The van der Waals surface area contributed by atoms with Gasteiger partial charge in [-0.1, -0.05) is 13.3 Å². The predicted octanol–water partition coefficient (Wildman–Crippen LogP) is 1.99. The third-order valence-electron chi connectivity index (χ3n) is 3.62. The molecule has 0 aromatic rings. The third kappa shape index (κ3) is 10.2. The van der Waals surface area contributed by atoms with Gasteiger partial charge in [0.1, 0.15) is 0 Å². The van der Waals surface area contributed by atoms with Crippen LogP contribution in [0.3, 0.4) is 0 Å². The SMILES string of the molecule is CCCCOCCOCCOCCOC1(C)CCCNC1. The van der Waals surface area contributed by atoms with Gasteiger partial charge in [-0.25, -0.2) is 0 Å². The van der Waals surface area contributed by atoms with Crippen molar-refractivity contribution >= 4 is 0 Å². The summed E-state index contributed by atoms with van der Waals surface area (Å²) in [4.78, 5) is 0. The standard InChI is InChI=1S/C16H33NO4/c1-3-4-8-18-9-10-19-11-12-20-13-14-21-16(2)6-5-7-17-15-16/h17H,3-15H2,1-2H3. The van der Waals surface area contributed by atoms with Crippen molar-refractivity contribution in [3.8, 4) is 0 Å². The fourth-order valence-corrected chi connectivity index (χ4v) is 2.29. The fourth-order valence-electron chi connectivity index (χ4n) is 2.29. The van der Waals surface area contributed by atoms with E-state index in [-0.39, 0.29) is 5.60 Å². The summed E-state index contributed by atoms with van der Waals surface area (Å²) in [7, 11) is 0. The van der Waals surface area contributed by atoms with Crippen LogP contribution >= 0.6 is 0 Å². The first-order valence-electron chi connectivity index (χ1n) is 8.35. The average molecular weight is 303 g/mol. The molecule has 1 atom stereocenters. The molecule has 1 N–H and O–H groups in total. The number of nitrogens with one attached hydrogen (secondary N) is 1. The molecule has 0 amide bonds. The van der Waals surface area contributed by atoms with Crippen molar-refractivity contribution in [3.05, 3.63) is 0 Å². The molecule has 0 bridgehead atoms. The van der Waals surface area contributed by atoms with Gasteiger partial charge in [0.15, 0.2) is 0 Å². The summed E-state index contributed by atoms with van der Waals surface area (Å²) in [5.74, 6) is 0. The number of ether oxygens (including phenoxy) is 4.